The summed E-state index contributed by atoms with van der Waals surface area (Å²) in [4.78, 5) is 14.2. The predicted molar refractivity (Wildman–Crippen MR) is 76.0 cm³/mol. The molecule has 0 aromatic heterocycles. The summed E-state index contributed by atoms with van der Waals surface area (Å²) in [7, 11) is 1.79. The van der Waals surface area contributed by atoms with Crippen molar-refractivity contribution in [1.29, 1.82) is 0 Å². The van der Waals surface area contributed by atoms with E-state index in [0.29, 0.717) is 18.2 Å². The molecule has 0 unspecified atom stereocenters. The van der Waals surface area contributed by atoms with Crippen LogP contribution in [0.2, 0.25) is 0 Å². The summed E-state index contributed by atoms with van der Waals surface area (Å²) < 4.78 is 5.30. The van der Waals surface area contributed by atoms with Gasteiger partial charge in [0, 0.05) is 37.7 Å². The average Bonchev–Trinajstić information content (AvgIpc) is 2.32. The molecule has 0 atom stereocenters. The monoisotopic (exact) mass is 268 g/mol. The molecule has 1 amide bonds. The van der Waals surface area contributed by atoms with E-state index in [9.17, 15) is 4.79 Å². The first-order valence-corrected chi connectivity index (χ1v) is 7.48. The van der Waals surface area contributed by atoms with Crippen molar-refractivity contribution in [3.63, 3.8) is 0 Å². The molecule has 1 aliphatic carbocycles. The van der Waals surface area contributed by atoms with E-state index in [4.69, 9.17) is 4.74 Å². The molecule has 1 N–H and O–H groups in total. The molecule has 4 heteroatoms. The fourth-order valence-electron chi connectivity index (χ4n) is 2.95. The third-order valence-electron chi connectivity index (χ3n) is 4.32. The molecule has 1 heterocycles. The van der Waals surface area contributed by atoms with Crippen LogP contribution in [0.15, 0.2) is 0 Å². The van der Waals surface area contributed by atoms with Gasteiger partial charge in [-0.15, -0.1) is 0 Å². The number of nitrogens with zero attached hydrogens (tertiary/aromatic N) is 1. The predicted octanol–water partition coefficient (Wildman–Crippen LogP) is 1.79. The molecule has 1 saturated carbocycles. The van der Waals surface area contributed by atoms with Crippen LogP contribution in [-0.2, 0) is 9.53 Å². The van der Waals surface area contributed by atoms with Crippen molar-refractivity contribution in [2.45, 2.75) is 64.6 Å². The van der Waals surface area contributed by atoms with Gasteiger partial charge in [-0.3, -0.25) is 4.79 Å². The van der Waals surface area contributed by atoms with Gasteiger partial charge >= 0.3 is 0 Å². The Labute approximate surface area is 116 Å². The van der Waals surface area contributed by atoms with E-state index >= 15 is 0 Å². The van der Waals surface area contributed by atoms with Gasteiger partial charge in [0.05, 0.1) is 6.10 Å². The Kier molecular flexibility index (Phi) is 4.51. The van der Waals surface area contributed by atoms with Crippen LogP contribution < -0.4 is 5.32 Å². The number of rotatable bonds is 3. The maximum atomic E-state index is 12.2. The van der Waals surface area contributed by atoms with Crippen LogP contribution in [0.3, 0.4) is 0 Å². The Morgan fingerprint density at radius 2 is 1.74 bits per heavy atom. The second kappa shape index (κ2) is 5.80. The highest BCUT2D eigenvalue weighted by Gasteiger charge is 2.33. The van der Waals surface area contributed by atoms with Crippen LogP contribution >= 0.6 is 0 Å². The molecule has 4 nitrogen and oxygen atoms in total. The summed E-state index contributed by atoms with van der Waals surface area (Å²) in [5.74, 6) is 0.286. The van der Waals surface area contributed by atoms with E-state index in [0.717, 1.165) is 38.8 Å². The lowest BCUT2D eigenvalue weighted by molar-refractivity contribution is -0.140. The van der Waals surface area contributed by atoms with Crippen molar-refractivity contribution in [3.05, 3.63) is 0 Å². The Morgan fingerprint density at radius 1 is 1.16 bits per heavy atom. The molecule has 110 valence electrons. The van der Waals surface area contributed by atoms with Gasteiger partial charge < -0.3 is 15.0 Å². The minimum Gasteiger partial charge on any atom is -0.381 e. The first-order chi connectivity index (χ1) is 8.90. The topological polar surface area (TPSA) is 41.6 Å². The lowest BCUT2D eigenvalue weighted by Gasteiger charge is -2.41. The number of piperidine rings is 1. The number of likely N-dealkylation sites (tertiary alicyclic amines) is 1. The molecule has 19 heavy (non-hydrogen) atoms. The first kappa shape index (κ1) is 14.8. The van der Waals surface area contributed by atoms with E-state index in [-0.39, 0.29) is 11.3 Å². The molecular weight excluding hydrogens is 240 g/mol. The zero-order valence-corrected chi connectivity index (χ0v) is 12.7. The lowest BCUT2D eigenvalue weighted by atomic mass is 9.87. The molecule has 0 aromatic rings. The van der Waals surface area contributed by atoms with E-state index in [1.807, 2.05) is 25.7 Å². The van der Waals surface area contributed by atoms with Crippen molar-refractivity contribution in [1.82, 2.24) is 10.2 Å². The number of hydrogen-bond acceptors (Lipinski definition) is 3. The van der Waals surface area contributed by atoms with Crippen LogP contribution in [0.4, 0.5) is 0 Å². The average molecular weight is 268 g/mol. The number of carbonyl (C=O) groups is 1. The van der Waals surface area contributed by atoms with Crippen molar-refractivity contribution >= 4 is 5.91 Å². The number of carbonyl (C=O) groups excluding carboxylic acids is 1. The van der Waals surface area contributed by atoms with Crippen molar-refractivity contribution in [2.75, 3.05) is 20.2 Å². The Balaban J connectivity index is 1.70. The molecule has 1 aliphatic heterocycles. The highest BCUT2D eigenvalue weighted by atomic mass is 16.5. The van der Waals surface area contributed by atoms with Crippen molar-refractivity contribution in [3.8, 4) is 0 Å². The highest BCUT2D eigenvalue weighted by molar-refractivity contribution is 5.81. The van der Waals surface area contributed by atoms with Gasteiger partial charge in [-0.25, -0.2) is 0 Å². The second-order valence-electron chi connectivity index (χ2n) is 7.01. The molecule has 0 aromatic carbocycles. The Bertz CT molecular complexity index is 311. The lowest BCUT2D eigenvalue weighted by Crippen LogP contribution is -2.53. The fraction of sp³-hybridized carbons (Fsp3) is 0.933. The number of hydrogen-bond donors (Lipinski definition) is 1. The van der Waals surface area contributed by atoms with Gasteiger partial charge in [-0.2, -0.15) is 0 Å². The molecular formula is C15H28N2O2. The third-order valence-corrected chi connectivity index (χ3v) is 4.32. The normalized spacial score (nSPS) is 29.2. The smallest absolute Gasteiger partial charge is 0.227 e. The number of nitrogens with one attached hydrogen (secondary N) is 1. The summed E-state index contributed by atoms with van der Waals surface area (Å²) in [5.41, 5.74) is -0.250. The van der Waals surface area contributed by atoms with Crippen molar-refractivity contribution < 1.29 is 9.53 Å². The highest BCUT2D eigenvalue weighted by Crippen LogP contribution is 2.25. The maximum absolute atomic E-state index is 12.2. The summed E-state index contributed by atoms with van der Waals surface area (Å²) >= 11 is 0. The summed E-state index contributed by atoms with van der Waals surface area (Å²) in [5, 5.41) is 3.70. The molecule has 0 bridgehead atoms. The van der Waals surface area contributed by atoms with E-state index < -0.39 is 0 Å². The molecule has 0 spiro atoms. The molecule has 1 saturated heterocycles. The SMILES string of the molecule is COC1CC(NC2CCN(C(=O)C(C)(C)C)CC2)C1. The Hall–Kier alpha value is -0.610. The van der Waals surface area contributed by atoms with Gasteiger partial charge in [-0.05, 0) is 25.7 Å². The quantitative estimate of drug-likeness (QED) is 0.848. The van der Waals surface area contributed by atoms with Crippen LogP contribution in [0.25, 0.3) is 0 Å². The fourth-order valence-corrected chi connectivity index (χ4v) is 2.95. The van der Waals surface area contributed by atoms with Gasteiger partial charge in [0.25, 0.3) is 0 Å². The Morgan fingerprint density at radius 3 is 2.21 bits per heavy atom. The van der Waals surface area contributed by atoms with Crippen LogP contribution in [0, 0.1) is 5.41 Å². The number of ether oxygens (including phenoxy) is 1. The molecule has 2 fully saturated rings. The maximum Gasteiger partial charge on any atom is 0.227 e. The van der Waals surface area contributed by atoms with E-state index in [1.165, 1.54) is 0 Å². The summed E-state index contributed by atoms with van der Waals surface area (Å²) in [6, 6.07) is 1.20. The van der Waals surface area contributed by atoms with Gasteiger partial charge in [0.1, 0.15) is 0 Å². The minimum atomic E-state index is -0.250. The standard InChI is InChI=1S/C15H28N2O2/c1-15(2,3)14(18)17-7-5-11(6-8-17)16-12-9-13(10-12)19-4/h11-13,16H,5-10H2,1-4H3. The van der Waals surface area contributed by atoms with E-state index in [2.05, 4.69) is 5.32 Å². The zero-order chi connectivity index (χ0) is 14.0. The molecule has 0 radical (unpaired) electrons. The molecule has 2 aliphatic rings. The van der Waals surface area contributed by atoms with Gasteiger partial charge in [0.15, 0.2) is 0 Å². The third kappa shape index (κ3) is 3.69. The molecule has 2 rings (SSSR count). The second-order valence-corrected chi connectivity index (χ2v) is 7.01. The van der Waals surface area contributed by atoms with E-state index in [1.54, 1.807) is 7.11 Å². The number of methoxy groups -OCH3 is 1. The van der Waals surface area contributed by atoms with Gasteiger partial charge in [0.2, 0.25) is 5.91 Å². The van der Waals surface area contributed by atoms with Crippen LogP contribution in [0.1, 0.15) is 46.5 Å². The largest absolute Gasteiger partial charge is 0.381 e. The van der Waals surface area contributed by atoms with Crippen molar-refractivity contribution in [2.24, 2.45) is 5.41 Å². The van der Waals surface area contributed by atoms with Crippen LogP contribution in [0.5, 0.6) is 0 Å². The summed E-state index contributed by atoms with van der Waals surface area (Å²) in [6.45, 7) is 7.79. The zero-order valence-electron chi connectivity index (χ0n) is 12.7. The summed E-state index contributed by atoms with van der Waals surface area (Å²) in [6.07, 6.45) is 4.89. The first-order valence-electron chi connectivity index (χ1n) is 7.48. The van der Waals surface area contributed by atoms with Gasteiger partial charge in [-0.1, -0.05) is 20.8 Å². The minimum absolute atomic E-state index is 0.250. The number of amides is 1. The van der Waals surface area contributed by atoms with Crippen LogP contribution in [-0.4, -0.2) is 49.2 Å².